The summed E-state index contributed by atoms with van der Waals surface area (Å²) < 4.78 is 23.7. The van der Waals surface area contributed by atoms with Crippen molar-refractivity contribution in [2.45, 2.75) is 12.8 Å². The molecule has 4 heteroatoms. The van der Waals surface area contributed by atoms with Gasteiger partial charge < -0.3 is 0 Å². The molecule has 0 rings (SSSR count). The molecule has 0 bridgehead atoms. The molecule has 0 radical (unpaired) electrons. The largest absolute Gasteiger partial charge is 0.272 e. The molecule has 0 aliphatic heterocycles. The molecule has 0 heterocycles. The zero-order valence-corrected chi connectivity index (χ0v) is 5.77. The first-order valence-electron chi connectivity index (χ1n) is 2.48. The normalized spacial score (nSPS) is 9.33. The van der Waals surface area contributed by atoms with E-state index in [1.807, 2.05) is 0 Å². The van der Waals surface area contributed by atoms with E-state index >= 15 is 0 Å². The highest BCUT2D eigenvalue weighted by Gasteiger charge is 1.84. The Morgan fingerprint density at radius 3 is 2.67 bits per heavy atom. The molecule has 3 nitrogen and oxygen atoms in total. The summed E-state index contributed by atoms with van der Waals surface area (Å²) >= 11 is 0. The van der Waals surface area contributed by atoms with Crippen LogP contribution in [0, 0.1) is 12.3 Å². The summed E-state index contributed by atoms with van der Waals surface area (Å²) in [6.45, 7) is 0.197. The van der Waals surface area contributed by atoms with Crippen molar-refractivity contribution in [2.24, 2.45) is 0 Å². The van der Waals surface area contributed by atoms with E-state index in [4.69, 9.17) is 6.42 Å². The molecule has 0 spiro atoms. The lowest BCUT2D eigenvalue weighted by molar-refractivity contribution is 0.328. The average Bonchev–Trinajstić information content (AvgIpc) is 1.80. The van der Waals surface area contributed by atoms with Crippen molar-refractivity contribution in [1.82, 2.24) is 0 Å². The second kappa shape index (κ2) is 5.60. The van der Waals surface area contributed by atoms with Crippen LogP contribution in [-0.4, -0.2) is 15.0 Å². The van der Waals surface area contributed by atoms with Gasteiger partial charge in [-0.2, -0.15) is 0 Å². The van der Waals surface area contributed by atoms with Crippen molar-refractivity contribution in [3.05, 3.63) is 0 Å². The van der Waals surface area contributed by atoms with Crippen molar-refractivity contribution in [3.8, 4) is 12.3 Å². The van der Waals surface area contributed by atoms with Gasteiger partial charge in [0, 0.05) is 6.42 Å². The molecule has 0 aromatic carbocycles. The van der Waals surface area contributed by atoms with Crippen LogP contribution >= 0.6 is 0 Å². The Balaban J connectivity index is 3.03. The van der Waals surface area contributed by atoms with Gasteiger partial charge in [0.15, 0.2) is 0 Å². The highest BCUT2D eigenvalue weighted by atomic mass is 32.2. The van der Waals surface area contributed by atoms with Gasteiger partial charge in [0.1, 0.15) is 0 Å². The second-order valence-electron chi connectivity index (χ2n) is 1.36. The predicted molar refractivity (Wildman–Crippen MR) is 34.3 cm³/mol. The molecular formula is C5H8O3S. The van der Waals surface area contributed by atoms with Crippen LogP contribution in [0.5, 0.6) is 0 Å². The van der Waals surface area contributed by atoms with Gasteiger partial charge in [-0.15, -0.1) is 12.3 Å². The van der Waals surface area contributed by atoms with Crippen LogP contribution in [0.15, 0.2) is 0 Å². The maximum Gasteiger partial charge on any atom is 0.257 e. The van der Waals surface area contributed by atoms with Gasteiger partial charge in [0.05, 0.1) is 6.61 Å². The molecule has 0 aromatic heterocycles. The number of rotatable bonds is 4. The van der Waals surface area contributed by atoms with Crippen LogP contribution in [0.2, 0.25) is 0 Å². The zero-order chi connectivity index (χ0) is 7.11. The predicted octanol–water partition coefficient (Wildman–Crippen LogP) is -0.0572. The highest BCUT2D eigenvalue weighted by Crippen LogP contribution is 1.86. The van der Waals surface area contributed by atoms with Crippen molar-refractivity contribution in [3.63, 3.8) is 0 Å². The molecule has 0 aromatic rings. The van der Waals surface area contributed by atoms with E-state index in [1.54, 1.807) is 0 Å². The Labute approximate surface area is 56.2 Å². The monoisotopic (exact) mass is 148 g/mol. The average molecular weight is 148 g/mol. The number of thiol groups is 1. The molecule has 9 heavy (non-hydrogen) atoms. The molecule has 0 saturated heterocycles. The minimum absolute atomic E-state index is 0.197. The summed E-state index contributed by atoms with van der Waals surface area (Å²) in [6.07, 6.45) is 6.04. The van der Waals surface area contributed by atoms with Gasteiger partial charge in [-0.1, -0.05) is 0 Å². The Morgan fingerprint density at radius 2 is 2.22 bits per heavy atom. The second-order valence-corrected chi connectivity index (χ2v) is 2.07. The molecule has 0 atom stereocenters. The Kier molecular flexibility index (Phi) is 5.27. The number of hydrogen-bond acceptors (Lipinski definition) is 3. The molecule has 0 aliphatic rings. The van der Waals surface area contributed by atoms with E-state index in [0.29, 0.717) is 12.8 Å². The van der Waals surface area contributed by atoms with Gasteiger partial charge >= 0.3 is 0 Å². The minimum Gasteiger partial charge on any atom is -0.272 e. The molecule has 0 aliphatic carbocycles. The standard InChI is InChI=1S/C5H8O3S/c1-2-3-4-5-8-9(6)7/h1,9H,3-5H2. The maximum atomic E-state index is 9.73. The van der Waals surface area contributed by atoms with Crippen LogP contribution in [-0.2, 0) is 15.2 Å². The Morgan fingerprint density at radius 1 is 1.56 bits per heavy atom. The van der Waals surface area contributed by atoms with Gasteiger partial charge in [-0.3, -0.25) is 4.18 Å². The van der Waals surface area contributed by atoms with E-state index in [9.17, 15) is 8.42 Å². The summed E-state index contributed by atoms with van der Waals surface area (Å²) in [5.74, 6) is 2.36. The maximum absolute atomic E-state index is 9.73. The zero-order valence-electron chi connectivity index (χ0n) is 4.87. The fourth-order valence-corrected chi connectivity index (χ4v) is 0.591. The first kappa shape index (κ1) is 8.47. The third-order valence-electron chi connectivity index (χ3n) is 0.662. The fraction of sp³-hybridized carbons (Fsp3) is 0.600. The molecule has 0 N–H and O–H groups in total. The van der Waals surface area contributed by atoms with Gasteiger partial charge in [-0.05, 0) is 6.42 Å². The van der Waals surface area contributed by atoms with E-state index in [1.165, 1.54) is 0 Å². The first-order chi connectivity index (χ1) is 4.27. The number of unbranched alkanes of at least 4 members (excludes halogenated alkanes) is 1. The molecular weight excluding hydrogens is 140 g/mol. The fourth-order valence-electron chi connectivity index (χ4n) is 0.313. The minimum atomic E-state index is -2.69. The third kappa shape index (κ3) is 7.47. The number of terminal acetylenes is 1. The van der Waals surface area contributed by atoms with Crippen LogP contribution in [0.25, 0.3) is 0 Å². The Bertz CT molecular complexity index is 158. The van der Waals surface area contributed by atoms with Gasteiger partial charge in [0.2, 0.25) is 0 Å². The van der Waals surface area contributed by atoms with Crippen molar-refractivity contribution in [2.75, 3.05) is 6.61 Å². The number of hydrogen-bond donors (Lipinski definition) is 1. The molecule has 0 amide bonds. The molecule has 0 unspecified atom stereocenters. The van der Waals surface area contributed by atoms with Crippen molar-refractivity contribution in [1.29, 1.82) is 0 Å². The summed E-state index contributed by atoms with van der Waals surface area (Å²) in [5.41, 5.74) is 0. The summed E-state index contributed by atoms with van der Waals surface area (Å²) in [7, 11) is -2.69. The van der Waals surface area contributed by atoms with E-state index in [2.05, 4.69) is 10.1 Å². The van der Waals surface area contributed by atoms with Crippen molar-refractivity contribution >= 4 is 11.0 Å². The van der Waals surface area contributed by atoms with Crippen molar-refractivity contribution < 1.29 is 12.6 Å². The quantitative estimate of drug-likeness (QED) is 0.345. The smallest absolute Gasteiger partial charge is 0.257 e. The third-order valence-corrected chi connectivity index (χ3v) is 1.06. The Hall–Kier alpha value is -0.530. The first-order valence-corrected chi connectivity index (χ1v) is 3.57. The van der Waals surface area contributed by atoms with E-state index in [-0.39, 0.29) is 6.61 Å². The van der Waals surface area contributed by atoms with E-state index in [0.717, 1.165) is 0 Å². The van der Waals surface area contributed by atoms with E-state index < -0.39 is 11.0 Å². The van der Waals surface area contributed by atoms with Crippen LogP contribution < -0.4 is 0 Å². The molecule has 0 fully saturated rings. The molecule has 52 valence electrons. The lowest BCUT2D eigenvalue weighted by Gasteiger charge is -1.89. The van der Waals surface area contributed by atoms with Gasteiger partial charge in [0.25, 0.3) is 11.0 Å². The lowest BCUT2D eigenvalue weighted by atomic mass is 10.3. The summed E-state index contributed by atoms with van der Waals surface area (Å²) in [6, 6.07) is 0. The van der Waals surface area contributed by atoms with Crippen LogP contribution in [0.3, 0.4) is 0 Å². The van der Waals surface area contributed by atoms with Gasteiger partial charge in [-0.25, -0.2) is 8.42 Å². The molecule has 0 saturated carbocycles. The highest BCUT2D eigenvalue weighted by molar-refractivity contribution is 7.67. The topological polar surface area (TPSA) is 43.4 Å². The lowest BCUT2D eigenvalue weighted by Crippen LogP contribution is -1.90. The summed E-state index contributed by atoms with van der Waals surface area (Å²) in [4.78, 5) is 0. The van der Waals surface area contributed by atoms with Crippen LogP contribution in [0.4, 0.5) is 0 Å². The van der Waals surface area contributed by atoms with Crippen LogP contribution in [0.1, 0.15) is 12.8 Å². The SMILES string of the molecule is C#CCCCO[SH](=O)=O. The summed E-state index contributed by atoms with van der Waals surface area (Å²) in [5, 5.41) is 0.